The molecule has 0 spiro atoms. The molecule has 1 saturated heterocycles. The molecule has 1 aromatic rings. The first-order valence-corrected chi connectivity index (χ1v) is 6.62. The van der Waals surface area contributed by atoms with Crippen LogP contribution >= 0.6 is 11.6 Å². The number of carbonyl (C=O) groups is 1. The SMILES string of the molecule is Cc1cc(C(=O)N2CCCCCC2)ccc1Cl. The van der Waals surface area contributed by atoms with E-state index in [4.69, 9.17) is 11.6 Å². The smallest absolute Gasteiger partial charge is 0.253 e. The minimum atomic E-state index is 0.145. The highest BCUT2D eigenvalue weighted by Crippen LogP contribution is 2.19. The molecule has 2 rings (SSSR count). The van der Waals surface area contributed by atoms with E-state index in [0.717, 1.165) is 42.1 Å². The molecule has 0 N–H and O–H groups in total. The summed E-state index contributed by atoms with van der Waals surface area (Å²) in [6.45, 7) is 3.71. The monoisotopic (exact) mass is 251 g/mol. The van der Waals surface area contributed by atoms with Crippen LogP contribution in [0.2, 0.25) is 5.02 Å². The fourth-order valence-electron chi connectivity index (χ4n) is 2.23. The van der Waals surface area contributed by atoms with Gasteiger partial charge in [0.25, 0.3) is 5.91 Å². The van der Waals surface area contributed by atoms with Crippen LogP contribution in [0.5, 0.6) is 0 Å². The lowest BCUT2D eigenvalue weighted by Gasteiger charge is -2.20. The Morgan fingerprint density at radius 2 is 1.82 bits per heavy atom. The summed E-state index contributed by atoms with van der Waals surface area (Å²) >= 11 is 5.97. The van der Waals surface area contributed by atoms with Crippen molar-refractivity contribution in [3.63, 3.8) is 0 Å². The first-order chi connectivity index (χ1) is 8.18. The number of rotatable bonds is 1. The van der Waals surface area contributed by atoms with E-state index >= 15 is 0 Å². The molecule has 2 nitrogen and oxygen atoms in total. The van der Waals surface area contributed by atoms with Gasteiger partial charge in [0.05, 0.1) is 0 Å². The standard InChI is InChI=1S/C14H18ClNO/c1-11-10-12(6-7-13(11)15)14(17)16-8-4-2-3-5-9-16/h6-7,10H,2-5,8-9H2,1H3. The van der Waals surface area contributed by atoms with Crippen molar-refractivity contribution in [1.29, 1.82) is 0 Å². The Kier molecular flexibility index (Phi) is 4.06. The van der Waals surface area contributed by atoms with Crippen molar-refractivity contribution in [3.05, 3.63) is 34.3 Å². The molecule has 1 amide bonds. The fraction of sp³-hybridized carbons (Fsp3) is 0.500. The van der Waals surface area contributed by atoms with Gasteiger partial charge in [-0.05, 0) is 43.5 Å². The van der Waals surface area contributed by atoms with E-state index in [0.29, 0.717) is 0 Å². The van der Waals surface area contributed by atoms with E-state index in [1.807, 2.05) is 30.0 Å². The predicted molar refractivity (Wildman–Crippen MR) is 70.6 cm³/mol. The zero-order valence-electron chi connectivity index (χ0n) is 10.2. The van der Waals surface area contributed by atoms with Gasteiger partial charge < -0.3 is 4.90 Å². The van der Waals surface area contributed by atoms with Gasteiger partial charge in [0.2, 0.25) is 0 Å². The Bertz CT molecular complexity index is 409. The topological polar surface area (TPSA) is 20.3 Å². The third-order valence-electron chi connectivity index (χ3n) is 3.30. The summed E-state index contributed by atoms with van der Waals surface area (Å²) < 4.78 is 0. The highest BCUT2D eigenvalue weighted by Gasteiger charge is 2.17. The Hall–Kier alpha value is -1.02. The first kappa shape index (κ1) is 12.4. The summed E-state index contributed by atoms with van der Waals surface area (Å²) in [5, 5.41) is 0.720. The van der Waals surface area contributed by atoms with Gasteiger partial charge in [0, 0.05) is 23.7 Å². The summed E-state index contributed by atoms with van der Waals surface area (Å²) in [4.78, 5) is 14.3. The van der Waals surface area contributed by atoms with E-state index in [1.165, 1.54) is 12.8 Å². The van der Waals surface area contributed by atoms with Gasteiger partial charge in [-0.1, -0.05) is 24.4 Å². The molecule has 1 aliphatic rings. The van der Waals surface area contributed by atoms with Gasteiger partial charge in [-0.15, -0.1) is 0 Å². The van der Waals surface area contributed by atoms with Gasteiger partial charge in [-0.2, -0.15) is 0 Å². The molecule has 1 aromatic carbocycles. The number of hydrogen-bond donors (Lipinski definition) is 0. The Labute approximate surface area is 108 Å². The van der Waals surface area contributed by atoms with Gasteiger partial charge in [0.1, 0.15) is 0 Å². The quantitative estimate of drug-likeness (QED) is 0.746. The Morgan fingerprint density at radius 1 is 1.18 bits per heavy atom. The average molecular weight is 252 g/mol. The zero-order chi connectivity index (χ0) is 12.3. The van der Waals surface area contributed by atoms with E-state index in [-0.39, 0.29) is 5.91 Å². The molecule has 0 unspecified atom stereocenters. The molecular weight excluding hydrogens is 234 g/mol. The molecule has 92 valence electrons. The van der Waals surface area contributed by atoms with Gasteiger partial charge in [-0.3, -0.25) is 4.79 Å². The molecule has 0 atom stereocenters. The van der Waals surface area contributed by atoms with Crippen molar-refractivity contribution < 1.29 is 4.79 Å². The summed E-state index contributed by atoms with van der Waals surface area (Å²) in [5.41, 5.74) is 1.72. The largest absolute Gasteiger partial charge is 0.339 e. The molecule has 0 aliphatic carbocycles. The van der Waals surface area contributed by atoms with Crippen molar-refractivity contribution in [3.8, 4) is 0 Å². The van der Waals surface area contributed by atoms with E-state index in [1.54, 1.807) is 0 Å². The molecule has 3 heteroatoms. The average Bonchev–Trinajstić information content (AvgIpc) is 2.60. The number of benzene rings is 1. The normalized spacial score (nSPS) is 16.7. The van der Waals surface area contributed by atoms with Crippen LogP contribution in [0.15, 0.2) is 18.2 Å². The third-order valence-corrected chi connectivity index (χ3v) is 3.72. The summed E-state index contributed by atoms with van der Waals surface area (Å²) in [7, 11) is 0. The van der Waals surface area contributed by atoms with E-state index in [9.17, 15) is 4.79 Å². The summed E-state index contributed by atoms with van der Waals surface area (Å²) in [5.74, 6) is 0.145. The lowest BCUT2D eigenvalue weighted by atomic mass is 10.1. The lowest BCUT2D eigenvalue weighted by Crippen LogP contribution is -2.31. The second-order valence-corrected chi connectivity index (χ2v) is 5.08. The maximum absolute atomic E-state index is 12.3. The minimum Gasteiger partial charge on any atom is -0.339 e. The maximum atomic E-state index is 12.3. The number of nitrogens with zero attached hydrogens (tertiary/aromatic N) is 1. The van der Waals surface area contributed by atoms with Crippen LogP contribution in [0.3, 0.4) is 0 Å². The number of hydrogen-bond acceptors (Lipinski definition) is 1. The van der Waals surface area contributed by atoms with Crippen molar-refractivity contribution in [1.82, 2.24) is 4.90 Å². The first-order valence-electron chi connectivity index (χ1n) is 6.24. The Morgan fingerprint density at radius 3 is 2.41 bits per heavy atom. The van der Waals surface area contributed by atoms with Crippen LogP contribution in [-0.4, -0.2) is 23.9 Å². The number of likely N-dealkylation sites (tertiary alicyclic amines) is 1. The van der Waals surface area contributed by atoms with Crippen molar-refractivity contribution in [2.24, 2.45) is 0 Å². The zero-order valence-corrected chi connectivity index (χ0v) is 11.0. The van der Waals surface area contributed by atoms with Crippen LogP contribution in [0, 0.1) is 6.92 Å². The molecule has 0 bridgehead atoms. The van der Waals surface area contributed by atoms with Gasteiger partial charge in [0.15, 0.2) is 0 Å². The second kappa shape index (κ2) is 5.54. The maximum Gasteiger partial charge on any atom is 0.253 e. The molecule has 1 aliphatic heterocycles. The fourth-order valence-corrected chi connectivity index (χ4v) is 2.35. The van der Waals surface area contributed by atoms with Crippen LogP contribution in [-0.2, 0) is 0 Å². The molecule has 17 heavy (non-hydrogen) atoms. The van der Waals surface area contributed by atoms with E-state index in [2.05, 4.69) is 0 Å². The molecule has 0 saturated carbocycles. The molecule has 1 heterocycles. The predicted octanol–water partition coefficient (Wildman–Crippen LogP) is 3.66. The Balaban J connectivity index is 2.14. The third kappa shape index (κ3) is 3.01. The van der Waals surface area contributed by atoms with Crippen LogP contribution < -0.4 is 0 Å². The van der Waals surface area contributed by atoms with Crippen LogP contribution in [0.25, 0.3) is 0 Å². The number of carbonyl (C=O) groups excluding carboxylic acids is 1. The molecule has 1 fully saturated rings. The highest BCUT2D eigenvalue weighted by atomic mass is 35.5. The van der Waals surface area contributed by atoms with Crippen LogP contribution in [0.4, 0.5) is 0 Å². The van der Waals surface area contributed by atoms with Crippen LogP contribution in [0.1, 0.15) is 41.6 Å². The van der Waals surface area contributed by atoms with E-state index < -0.39 is 0 Å². The minimum absolute atomic E-state index is 0.145. The van der Waals surface area contributed by atoms with Crippen molar-refractivity contribution in [2.45, 2.75) is 32.6 Å². The number of aryl methyl sites for hydroxylation is 1. The number of halogens is 1. The summed E-state index contributed by atoms with van der Waals surface area (Å²) in [6, 6.07) is 5.51. The second-order valence-electron chi connectivity index (χ2n) is 4.67. The van der Waals surface area contributed by atoms with Gasteiger partial charge >= 0.3 is 0 Å². The van der Waals surface area contributed by atoms with Gasteiger partial charge in [-0.25, -0.2) is 0 Å². The molecular formula is C14H18ClNO. The summed E-state index contributed by atoms with van der Waals surface area (Å²) in [6.07, 6.45) is 4.73. The molecule has 0 aromatic heterocycles. The molecule has 0 radical (unpaired) electrons. The van der Waals surface area contributed by atoms with Crippen molar-refractivity contribution >= 4 is 17.5 Å². The highest BCUT2D eigenvalue weighted by molar-refractivity contribution is 6.31. The lowest BCUT2D eigenvalue weighted by molar-refractivity contribution is 0.0761. The number of amides is 1. The van der Waals surface area contributed by atoms with Crippen molar-refractivity contribution in [2.75, 3.05) is 13.1 Å².